The van der Waals surface area contributed by atoms with Crippen molar-refractivity contribution < 1.29 is 14.7 Å². The van der Waals surface area contributed by atoms with Gasteiger partial charge >= 0.3 is 12.0 Å². The highest BCUT2D eigenvalue weighted by Crippen LogP contribution is 2.19. The number of urea groups is 1. The normalized spacial score (nSPS) is 23.3. The molecular formula is C13H24N2O3. The largest absolute Gasteiger partial charge is 0.480 e. The van der Waals surface area contributed by atoms with Gasteiger partial charge in [-0.1, -0.05) is 13.3 Å². The Bertz CT molecular complexity index is 319. The molecule has 0 aromatic rings. The summed E-state index contributed by atoms with van der Waals surface area (Å²) in [6.07, 6.45) is 4.28. The molecule has 2 atom stereocenters. The molecule has 104 valence electrons. The number of carboxylic acid groups (broad SMARTS) is 1. The van der Waals surface area contributed by atoms with Gasteiger partial charge in [0.15, 0.2) is 0 Å². The molecule has 1 rings (SSSR count). The molecule has 0 aromatic heterocycles. The lowest BCUT2D eigenvalue weighted by Gasteiger charge is -2.36. The molecule has 2 N–H and O–H groups in total. The van der Waals surface area contributed by atoms with Crippen molar-refractivity contribution in [2.75, 3.05) is 6.54 Å². The topological polar surface area (TPSA) is 69.6 Å². The molecule has 0 aliphatic carbocycles. The first-order valence-corrected chi connectivity index (χ1v) is 6.73. The summed E-state index contributed by atoms with van der Waals surface area (Å²) in [6, 6.07) is -0.0565. The van der Waals surface area contributed by atoms with Crippen LogP contribution >= 0.6 is 0 Å². The van der Waals surface area contributed by atoms with Gasteiger partial charge < -0.3 is 15.3 Å². The van der Waals surface area contributed by atoms with Crippen LogP contribution in [0.2, 0.25) is 0 Å². The van der Waals surface area contributed by atoms with Gasteiger partial charge in [0.25, 0.3) is 0 Å². The van der Waals surface area contributed by atoms with Crippen LogP contribution < -0.4 is 5.32 Å². The minimum absolute atomic E-state index is 0.193. The van der Waals surface area contributed by atoms with Crippen LogP contribution in [0.3, 0.4) is 0 Å². The van der Waals surface area contributed by atoms with Crippen molar-refractivity contribution >= 4 is 12.0 Å². The first-order valence-electron chi connectivity index (χ1n) is 6.73. The number of carbonyl (C=O) groups is 2. The maximum atomic E-state index is 12.2. The number of amides is 2. The van der Waals surface area contributed by atoms with Gasteiger partial charge in [-0.3, -0.25) is 0 Å². The molecule has 1 fully saturated rings. The van der Waals surface area contributed by atoms with Gasteiger partial charge in [-0.15, -0.1) is 0 Å². The molecule has 1 aliphatic heterocycles. The number of aliphatic carboxylic acids is 1. The Hall–Kier alpha value is -1.26. The van der Waals surface area contributed by atoms with Crippen molar-refractivity contribution in [2.24, 2.45) is 0 Å². The number of likely N-dealkylation sites (tertiary alicyclic amines) is 1. The van der Waals surface area contributed by atoms with Crippen LogP contribution in [-0.2, 0) is 4.79 Å². The maximum absolute atomic E-state index is 12.2. The van der Waals surface area contributed by atoms with Crippen LogP contribution in [0.25, 0.3) is 0 Å². The van der Waals surface area contributed by atoms with E-state index >= 15 is 0 Å². The van der Waals surface area contributed by atoms with E-state index in [0.29, 0.717) is 6.42 Å². The average Bonchev–Trinajstić information content (AvgIpc) is 2.29. The van der Waals surface area contributed by atoms with E-state index in [0.717, 1.165) is 32.2 Å². The van der Waals surface area contributed by atoms with Crippen LogP contribution in [0.5, 0.6) is 0 Å². The molecule has 0 bridgehead atoms. The van der Waals surface area contributed by atoms with E-state index < -0.39 is 11.5 Å². The van der Waals surface area contributed by atoms with Crippen LogP contribution in [0.1, 0.15) is 52.9 Å². The first-order chi connectivity index (χ1) is 8.40. The van der Waals surface area contributed by atoms with E-state index in [1.807, 2.05) is 13.8 Å². The third-order valence-electron chi connectivity index (χ3n) is 3.67. The van der Waals surface area contributed by atoms with Gasteiger partial charge in [-0.2, -0.15) is 0 Å². The summed E-state index contributed by atoms with van der Waals surface area (Å²) in [5.41, 5.74) is -1.16. The van der Waals surface area contributed by atoms with Crippen LogP contribution in [0.15, 0.2) is 0 Å². The highest BCUT2D eigenvalue weighted by molar-refractivity contribution is 5.86. The summed E-state index contributed by atoms with van der Waals surface area (Å²) in [5, 5.41) is 11.9. The second kappa shape index (κ2) is 6.07. The monoisotopic (exact) mass is 256 g/mol. The Kier molecular flexibility index (Phi) is 4.99. The fraction of sp³-hybridized carbons (Fsp3) is 0.846. The third-order valence-corrected chi connectivity index (χ3v) is 3.67. The van der Waals surface area contributed by atoms with E-state index in [1.54, 1.807) is 11.8 Å². The number of nitrogens with zero attached hydrogens (tertiary/aromatic N) is 1. The number of hydrogen-bond acceptors (Lipinski definition) is 2. The SMILES string of the molecule is CCCC(C)(NC(=O)N1CCCCC1C)C(=O)O. The van der Waals surface area contributed by atoms with Gasteiger partial charge in [-0.05, 0) is 39.5 Å². The predicted octanol–water partition coefficient (Wildman–Crippen LogP) is 2.21. The lowest BCUT2D eigenvalue weighted by atomic mass is 9.96. The molecule has 2 amide bonds. The number of hydrogen-bond donors (Lipinski definition) is 2. The Morgan fingerprint density at radius 1 is 1.44 bits per heavy atom. The van der Waals surface area contributed by atoms with Crippen molar-refractivity contribution in [3.8, 4) is 0 Å². The molecule has 1 aliphatic rings. The van der Waals surface area contributed by atoms with E-state index in [9.17, 15) is 14.7 Å². The van der Waals surface area contributed by atoms with Crippen molar-refractivity contribution in [1.82, 2.24) is 10.2 Å². The van der Waals surface area contributed by atoms with Gasteiger partial charge in [0.05, 0.1) is 0 Å². The lowest BCUT2D eigenvalue weighted by Crippen LogP contribution is -2.58. The van der Waals surface area contributed by atoms with Crippen LogP contribution in [-0.4, -0.2) is 40.1 Å². The minimum Gasteiger partial charge on any atom is -0.480 e. The predicted molar refractivity (Wildman–Crippen MR) is 69.5 cm³/mol. The average molecular weight is 256 g/mol. The zero-order valence-electron chi connectivity index (χ0n) is 11.5. The number of rotatable bonds is 4. The highest BCUT2D eigenvalue weighted by Gasteiger charge is 2.36. The Labute approximate surface area is 109 Å². The van der Waals surface area contributed by atoms with Crippen molar-refractivity contribution in [3.05, 3.63) is 0 Å². The Balaban J connectivity index is 2.68. The standard InChI is InChI=1S/C13H24N2O3/c1-4-8-13(3,11(16)17)14-12(18)15-9-6-5-7-10(15)2/h10H,4-9H2,1-3H3,(H,14,18)(H,16,17). The number of carboxylic acids is 1. The minimum atomic E-state index is -1.16. The molecule has 5 nitrogen and oxygen atoms in total. The quantitative estimate of drug-likeness (QED) is 0.810. The summed E-state index contributed by atoms with van der Waals surface area (Å²) >= 11 is 0. The Morgan fingerprint density at radius 2 is 2.11 bits per heavy atom. The molecule has 0 saturated carbocycles. The number of nitrogens with one attached hydrogen (secondary N) is 1. The molecule has 0 radical (unpaired) electrons. The smallest absolute Gasteiger partial charge is 0.329 e. The molecule has 0 spiro atoms. The fourth-order valence-electron chi connectivity index (χ4n) is 2.43. The van der Waals surface area contributed by atoms with Crippen LogP contribution in [0.4, 0.5) is 4.79 Å². The van der Waals surface area contributed by atoms with E-state index in [1.165, 1.54) is 0 Å². The van der Waals surface area contributed by atoms with E-state index in [-0.39, 0.29) is 12.1 Å². The summed E-state index contributed by atoms with van der Waals surface area (Å²) < 4.78 is 0. The molecule has 5 heteroatoms. The Morgan fingerprint density at radius 3 is 2.61 bits per heavy atom. The number of piperidine rings is 1. The van der Waals surface area contributed by atoms with E-state index in [2.05, 4.69) is 5.32 Å². The van der Waals surface area contributed by atoms with Gasteiger partial charge in [0.2, 0.25) is 0 Å². The van der Waals surface area contributed by atoms with E-state index in [4.69, 9.17) is 0 Å². The summed E-state index contributed by atoms with van der Waals surface area (Å²) in [6.45, 7) is 6.22. The molecule has 18 heavy (non-hydrogen) atoms. The first kappa shape index (κ1) is 14.8. The van der Waals surface area contributed by atoms with Crippen molar-refractivity contribution in [3.63, 3.8) is 0 Å². The van der Waals surface area contributed by atoms with Gasteiger partial charge in [0, 0.05) is 12.6 Å². The number of carbonyl (C=O) groups excluding carboxylic acids is 1. The fourth-order valence-corrected chi connectivity index (χ4v) is 2.43. The summed E-state index contributed by atoms with van der Waals surface area (Å²) in [5.74, 6) is -0.970. The zero-order valence-corrected chi connectivity index (χ0v) is 11.5. The lowest BCUT2D eigenvalue weighted by molar-refractivity contribution is -0.144. The van der Waals surface area contributed by atoms with Crippen LogP contribution in [0, 0.1) is 0 Å². The second-order valence-electron chi connectivity index (χ2n) is 5.36. The molecule has 1 heterocycles. The highest BCUT2D eigenvalue weighted by atomic mass is 16.4. The van der Waals surface area contributed by atoms with Gasteiger partial charge in [0.1, 0.15) is 5.54 Å². The third kappa shape index (κ3) is 3.37. The zero-order chi connectivity index (χ0) is 13.8. The summed E-state index contributed by atoms with van der Waals surface area (Å²) in [7, 11) is 0. The summed E-state index contributed by atoms with van der Waals surface area (Å²) in [4.78, 5) is 25.2. The maximum Gasteiger partial charge on any atom is 0.329 e. The molecule has 0 aromatic carbocycles. The molecule has 1 saturated heterocycles. The second-order valence-corrected chi connectivity index (χ2v) is 5.36. The van der Waals surface area contributed by atoms with Gasteiger partial charge in [-0.25, -0.2) is 9.59 Å². The molecular weight excluding hydrogens is 232 g/mol. The van der Waals surface area contributed by atoms with Crippen molar-refractivity contribution in [2.45, 2.75) is 64.5 Å². The van der Waals surface area contributed by atoms with Crippen molar-refractivity contribution in [1.29, 1.82) is 0 Å². The molecule has 2 unspecified atom stereocenters.